The lowest BCUT2D eigenvalue weighted by Crippen LogP contribution is -2.46. The molecule has 5 rings (SSSR count). The standard InChI is InChI=1S/C24H22ClN3/c25-20-8-4-9-21(18-20)26-14-16-27(17-15-26)23-11-13-28-12-5-10-22(24(23)28)19-6-2-1-3-7-19/h1-13,18H,14-17H2. The molecule has 1 aliphatic heterocycles. The molecule has 0 unspecified atom stereocenters. The molecule has 0 radical (unpaired) electrons. The van der Waals surface area contributed by atoms with Crippen molar-refractivity contribution in [3.05, 3.63) is 90.2 Å². The van der Waals surface area contributed by atoms with Crippen LogP contribution < -0.4 is 9.80 Å². The van der Waals surface area contributed by atoms with Crippen LogP contribution in [0.15, 0.2) is 85.2 Å². The number of benzene rings is 2. The van der Waals surface area contributed by atoms with E-state index < -0.39 is 0 Å². The molecule has 4 aromatic rings. The SMILES string of the molecule is Clc1cccc(N2CCN(c3ccn4cccc(-c5ccccc5)c34)CC2)c1. The molecular formula is C24H22ClN3. The van der Waals surface area contributed by atoms with E-state index in [4.69, 9.17) is 11.6 Å². The summed E-state index contributed by atoms with van der Waals surface area (Å²) in [5.41, 5.74) is 6.33. The third-order valence-electron chi connectivity index (χ3n) is 5.54. The third kappa shape index (κ3) is 3.12. The van der Waals surface area contributed by atoms with Crippen LogP contribution in [0.2, 0.25) is 5.02 Å². The van der Waals surface area contributed by atoms with Crippen LogP contribution in [0.4, 0.5) is 11.4 Å². The minimum atomic E-state index is 0.797. The van der Waals surface area contributed by atoms with Crippen molar-refractivity contribution in [2.75, 3.05) is 36.0 Å². The second-order valence-electron chi connectivity index (χ2n) is 7.20. The number of hydrogen-bond donors (Lipinski definition) is 0. The van der Waals surface area contributed by atoms with Crippen molar-refractivity contribution in [3.8, 4) is 11.1 Å². The fraction of sp³-hybridized carbons (Fsp3) is 0.167. The Morgan fingerprint density at radius 3 is 2.25 bits per heavy atom. The molecule has 0 spiro atoms. The maximum atomic E-state index is 6.18. The molecule has 3 nitrogen and oxygen atoms in total. The third-order valence-corrected chi connectivity index (χ3v) is 5.77. The summed E-state index contributed by atoms with van der Waals surface area (Å²) in [6, 6.07) is 25.4. The number of halogens is 1. The van der Waals surface area contributed by atoms with E-state index in [1.54, 1.807) is 0 Å². The average Bonchev–Trinajstić information content (AvgIpc) is 3.19. The number of pyridine rings is 1. The highest BCUT2D eigenvalue weighted by Crippen LogP contribution is 2.33. The molecule has 0 atom stereocenters. The molecule has 1 aliphatic rings. The number of nitrogens with zero attached hydrogens (tertiary/aromatic N) is 3. The van der Waals surface area contributed by atoms with Gasteiger partial charge in [-0.15, -0.1) is 0 Å². The van der Waals surface area contributed by atoms with Crippen molar-refractivity contribution in [3.63, 3.8) is 0 Å². The van der Waals surface area contributed by atoms with Gasteiger partial charge in [0.1, 0.15) is 0 Å². The van der Waals surface area contributed by atoms with Crippen LogP contribution >= 0.6 is 11.6 Å². The molecule has 140 valence electrons. The lowest BCUT2D eigenvalue weighted by atomic mass is 10.0. The van der Waals surface area contributed by atoms with Gasteiger partial charge in [0, 0.05) is 54.8 Å². The van der Waals surface area contributed by atoms with E-state index in [1.807, 2.05) is 12.1 Å². The number of aromatic nitrogens is 1. The first-order valence-corrected chi connectivity index (χ1v) is 10.1. The normalized spacial score (nSPS) is 14.6. The van der Waals surface area contributed by atoms with E-state index in [0.717, 1.165) is 31.2 Å². The van der Waals surface area contributed by atoms with E-state index in [9.17, 15) is 0 Å². The molecule has 2 aromatic carbocycles. The lowest BCUT2D eigenvalue weighted by Gasteiger charge is -2.37. The smallest absolute Gasteiger partial charge is 0.0765 e. The summed E-state index contributed by atoms with van der Waals surface area (Å²) >= 11 is 6.18. The molecule has 1 saturated heterocycles. The summed E-state index contributed by atoms with van der Waals surface area (Å²) in [7, 11) is 0. The Hall–Kier alpha value is -2.91. The second kappa shape index (κ2) is 7.25. The lowest BCUT2D eigenvalue weighted by molar-refractivity contribution is 0.655. The van der Waals surface area contributed by atoms with E-state index in [-0.39, 0.29) is 0 Å². The monoisotopic (exact) mass is 387 g/mol. The fourth-order valence-electron chi connectivity index (χ4n) is 4.13. The molecule has 4 heteroatoms. The predicted octanol–water partition coefficient (Wildman–Crippen LogP) is 5.59. The summed E-state index contributed by atoms with van der Waals surface area (Å²) in [5.74, 6) is 0. The quantitative estimate of drug-likeness (QED) is 0.454. The van der Waals surface area contributed by atoms with Gasteiger partial charge in [0.05, 0.1) is 11.2 Å². The van der Waals surface area contributed by atoms with Gasteiger partial charge < -0.3 is 14.2 Å². The Kier molecular flexibility index (Phi) is 4.46. The Bertz CT molecular complexity index is 1100. The molecule has 0 aliphatic carbocycles. The molecule has 0 amide bonds. The summed E-state index contributed by atoms with van der Waals surface area (Å²) in [6.07, 6.45) is 4.30. The average molecular weight is 388 g/mol. The zero-order valence-electron chi connectivity index (χ0n) is 15.6. The van der Waals surface area contributed by atoms with E-state index in [2.05, 4.69) is 87.3 Å². The second-order valence-corrected chi connectivity index (χ2v) is 7.64. The van der Waals surface area contributed by atoms with E-state index in [0.29, 0.717) is 0 Å². The highest BCUT2D eigenvalue weighted by Gasteiger charge is 2.21. The first-order chi connectivity index (χ1) is 13.8. The summed E-state index contributed by atoms with van der Waals surface area (Å²) in [6.45, 7) is 3.97. The minimum absolute atomic E-state index is 0.797. The molecule has 2 aromatic heterocycles. The zero-order valence-corrected chi connectivity index (χ0v) is 16.4. The van der Waals surface area contributed by atoms with Crippen molar-refractivity contribution in [2.45, 2.75) is 0 Å². The van der Waals surface area contributed by atoms with Gasteiger partial charge in [0.25, 0.3) is 0 Å². The van der Waals surface area contributed by atoms with Crippen LogP contribution in [0.3, 0.4) is 0 Å². The van der Waals surface area contributed by atoms with Gasteiger partial charge >= 0.3 is 0 Å². The van der Waals surface area contributed by atoms with Crippen LogP contribution in [0.5, 0.6) is 0 Å². The first kappa shape index (κ1) is 17.2. The highest BCUT2D eigenvalue weighted by atomic mass is 35.5. The molecule has 0 saturated carbocycles. The maximum absolute atomic E-state index is 6.18. The van der Waals surface area contributed by atoms with Gasteiger partial charge in [0.2, 0.25) is 0 Å². The van der Waals surface area contributed by atoms with Gasteiger partial charge in [-0.3, -0.25) is 0 Å². The van der Waals surface area contributed by atoms with Crippen LogP contribution in [0.1, 0.15) is 0 Å². The van der Waals surface area contributed by atoms with E-state index >= 15 is 0 Å². The predicted molar refractivity (Wildman–Crippen MR) is 119 cm³/mol. The van der Waals surface area contributed by atoms with Crippen molar-refractivity contribution in [2.24, 2.45) is 0 Å². The van der Waals surface area contributed by atoms with Crippen LogP contribution in [-0.2, 0) is 0 Å². The Labute approximate surface area is 170 Å². The molecule has 0 N–H and O–H groups in total. The van der Waals surface area contributed by atoms with Crippen molar-refractivity contribution >= 4 is 28.5 Å². The summed E-state index contributed by atoms with van der Waals surface area (Å²) in [4.78, 5) is 4.92. The Morgan fingerprint density at radius 2 is 1.46 bits per heavy atom. The van der Waals surface area contributed by atoms with Crippen molar-refractivity contribution < 1.29 is 0 Å². The largest absolute Gasteiger partial charge is 0.368 e. The van der Waals surface area contributed by atoms with Gasteiger partial charge in [-0.05, 0) is 35.9 Å². The van der Waals surface area contributed by atoms with Crippen LogP contribution in [-0.4, -0.2) is 30.6 Å². The van der Waals surface area contributed by atoms with Gasteiger partial charge in [0.15, 0.2) is 0 Å². The maximum Gasteiger partial charge on any atom is 0.0765 e. The van der Waals surface area contributed by atoms with Crippen molar-refractivity contribution in [1.29, 1.82) is 0 Å². The minimum Gasteiger partial charge on any atom is -0.368 e. The molecule has 0 bridgehead atoms. The molecular weight excluding hydrogens is 366 g/mol. The number of hydrogen-bond acceptors (Lipinski definition) is 2. The van der Waals surface area contributed by atoms with E-state index in [1.165, 1.54) is 28.0 Å². The van der Waals surface area contributed by atoms with Gasteiger partial charge in [-0.2, -0.15) is 0 Å². The number of anilines is 2. The highest BCUT2D eigenvalue weighted by molar-refractivity contribution is 6.30. The number of piperazine rings is 1. The number of fused-ring (bicyclic) bond motifs is 1. The Morgan fingerprint density at radius 1 is 0.679 bits per heavy atom. The molecule has 1 fully saturated rings. The first-order valence-electron chi connectivity index (χ1n) is 9.70. The molecule has 28 heavy (non-hydrogen) atoms. The number of rotatable bonds is 3. The van der Waals surface area contributed by atoms with Crippen LogP contribution in [0.25, 0.3) is 16.6 Å². The summed E-state index contributed by atoms with van der Waals surface area (Å²) in [5, 5.41) is 0.797. The summed E-state index contributed by atoms with van der Waals surface area (Å²) < 4.78 is 2.24. The van der Waals surface area contributed by atoms with Gasteiger partial charge in [-0.25, -0.2) is 0 Å². The topological polar surface area (TPSA) is 10.9 Å². The van der Waals surface area contributed by atoms with Crippen LogP contribution in [0, 0.1) is 0 Å². The fourth-order valence-corrected chi connectivity index (χ4v) is 4.32. The zero-order chi connectivity index (χ0) is 18.9. The van der Waals surface area contributed by atoms with Gasteiger partial charge in [-0.1, -0.05) is 54.1 Å². The molecule has 3 heterocycles. The Balaban J connectivity index is 1.45. The van der Waals surface area contributed by atoms with Crippen molar-refractivity contribution in [1.82, 2.24) is 4.40 Å².